The van der Waals surface area contributed by atoms with Crippen molar-refractivity contribution in [1.29, 1.82) is 0 Å². The highest BCUT2D eigenvalue weighted by atomic mass is 79.9. The van der Waals surface area contributed by atoms with Gasteiger partial charge in [0.05, 0.1) is 23.7 Å². The van der Waals surface area contributed by atoms with Gasteiger partial charge in [0, 0.05) is 48.1 Å². The number of halogens is 2. The first kappa shape index (κ1) is 30.7. The number of piperazine rings is 1. The van der Waals surface area contributed by atoms with E-state index in [9.17, 15) is 4.79 Å². The van der Waals surface area contributed by atoms with Gasteiger partial charge in [-0.3, -0.25) is 0 Å². The van der Waals surface area contributed by atoms with Crippen molar-refractivity contribution in [2.45, 2.75) is 38.2 Å². The number of hydrogen-bond acceptors (Lipinski definition) is 7. The molecule has 2 aliphatic rings. The smallest absolute Gasteiger partial charge is 0.350 e. The Bertz CT molecular complexity index is 1590. The number of rotatable bonds is 10. The van der Waals surface area contributed by atoms with Crippen LogP contribution in [0.3, 0.4) is 0 Å². The number of anilines is 2. The second-order valence-corrected chi connectivity index (χ2v) is 12.2. The molecule has 3 atom stereocenters. The lowest BCUT2D eigenvalue weighted by Gasteiger charge is -2.37. The van der Waals surface area contributed by atoms with Crippen LogP contribution in [0.15, 0.2) is 83.9 Å². The van der Waals surface area contributed by atoms with Crippen molar-refractivity contribution in [2.24, 2.45) is 0 Å². The second-order valence-electron chi connectivity index (χ2n) is 11.2. The van der Waals surface area contributed by atoms with Crippen LogP contribution in [0.25, 0.3) is 5.69 Å². The molecule has 0 bridgehead atoms. The highest BCUT2D eigenvalue weighted by molar-refractivity contribution is 9.09. The minimum atomic E-state index is -0.844. The zero-order valence-electron chi connectivity index (χ0n) is 24.9. The second kappa shape index (κ2) is 13.4. The third-order valence-corrected chi connectivity index (χ3v) is 9.42. The van der Waals surface area contributed by atoms with E-state index in [2.05, 4.69) is 62.0 Å². The minimum absolute atomic E-state index is 0.0750. The summed E-state index contributed by atoms with van der Waals surface area (Å²) in [6.07, 6.45) is 2.28. The van der Waals surface area contributed by atoms with Crippen LogP contribution in [-0.4, -0.2) is 65.2 Å². The Balaban J connectivity index is 0.993. The quantitative estimate of drug-likeness (QED) is 0.189. The van der Waals surface area contributed by atoms with Crippen LogP contribution in [-0.2, 0) is 15.3 Å². The molecule has 232 valence electrons. The van der Waals surface area contributed by atoms with Gasteiger partial charge < -0.3 is 24.0 Å². The summed E-state index contributed by atoms with van der Waals surface area (Å²) in [6, 6.07) is 24.0. The van der Waals surface area contributed by atoms with Crippen LogP contribution in [0.2, 0.25) is 5.02 Å². The van der Waals surface area contributed by atoms with Gasteiger partial charge in [0.25, 0.3) is 0 Å². The first-order valence-electron chi connectivity index (χ1n) is 15.0. The zero-order valence-corrected chi connectivity index (χ0v) is 27.3. The van der Waals surface area contributed by atoms with Gasteiger partial charge >= 0.3 is 5.69 Å². The first-order valence-corrected chi connectivity index (χ1v) is 16.5. The molecule has 0 aliphatic carbocycles. The fraction of sp³-hybridized carbons (Fsp3) is 0.394. The average Bonchev–Trinajstić information content (AvgIpc) is 3.68. The Morgan fingerprint density at radius 2 is 1.55 bits per heavy atom. The van der Waals surface area contributed by atoms with Gasteiger partial charge in [-0.05, 0) is 74.0 Å². The molecule has 2 saturated heterocycles. The summed E-state index contributed by atoms with van der Waals surface area (Å²) in [6.45, 7) is 8.54. The van der Waals surface area contributed by atoms with Crippen molar-refractivity contribution in [1.82, 2.24) is 14.3 Å². The Kier molecular flexibility index (Phi) is 9.32. The Hall–Kier alpha value is -3.31. The van der Waals surface area contributed by atoms with Crippen LogP contribution >= 0.6 is 27.5 Å². The van der Waals surface area contributed by atoms with Gasteiger partial charge in [0.15, 0.2) is 0 Å². The largest absolute Gasteiger partial charge is 0.491 e. The molecule has 1 aromatic heterocycles. The maximum atomic E-state index is 12.8. The summed E-state index contributed by atoms with van der Waals surface area (Å²) < 4.78 is 21.6. The lowest BCUT2D eigenvalue weighted by molar-refractivity contribution is -0.159. The highest BCUT2D eigenvalue weighted by Crippen LogP contribution is 2.37. The number of alkyl halides is 1. The summed E-state index contributed by atoms with van der Waals surface area (Å²) >= 11 is 9.60. The predicted molar refractivity (Wildman–Crippen MR) is 177 cm³/mol. The fourth-order valence-electron chi connectivity index (χ4n) is 5.61. The lowest BCUT2D eigenvalue weighted by Crippen LogP contribution is -2.46. The summed E-state index contributed by atoms with van der Waals surface area (Å²) in [5.41, 5.74) is 3.96. The normalized spacial score (nSPS) is 21.0. The van der Waals surface area contributed by atoms with Crippen molar-refractivity contribution < 1.29 is 14.2 Å². The van der Waals surface area contributed by atoms with E-state index in [-0.39, 0.29) is 17.8 Å². The summed E-state index contributed by atoms with van der Waals surface area (Å²) in [5.74, 6) is -0.0450. The van der Waals surface area contributed by atoms with Crippen LogP contribution in [0.4, 0.5) is 11.4 Å². The van der Waals surface area contributed by atoms with Crippen molar-refractivity contribution >= 4 is 38.9 Å². The molecule has 3 heterocycles. The van der Waals surface area contributed by atoms with Gasteiger partial charge in [-0.2, -0.15) is 5.10 Å². The molecule has 3 unspecified atom stereocenters. The van der Waals surface area contributed by atoms with Crippen LogP contribution in [0, 0.1) is 0 Å². The third kappa shape index (κ3) is 6.40. The minimum Gasteiger partial charge on any atom is -0.491 e. The standard InChI is InChI=1S/C33H37BrClN5O4/c1-3-24(2)40-32(41)39(23-36-40)29-10-8-27(9-11-29)37-16-18-38(19-17-37)28-12-14-30(15-13-28)42-20-31-21-43-33(22-34,44-31)25-4-6-26(35)7-5-25/h4-15,23-24,31H,3,16-22H2,1-2H3. The van der Waals surface area contributed by atoms with E-state index in [1.807, 2.05) is 55.5 Å². The van der Waals surface area contributed by atoms with Crippen molar-refractivity contribution in [3.8, 4) is 11.4 Å². The molecular formula is C33H37BrClN5O4. The SMILES string of the molecule is CCC(C)n1ncn(-c2ccc(N3CCN(c4ccc(OCC5COC(CBr)(c6ccc(Cl)cc6)O5)cc4)CC3)cc2)c1=O. The summed E-state index contributed by atoms with van der Waals surface area (Å²) in [4.78, 5) is 17.5. The number of nitrogens with zero attached hydrogens (tertiary/aromatic N) is 5. The Morgan fingerprint density at radius 3 is 2.14 bits per heavy atom. The molecule has 9 nitrogen and oxygen atoms in total. The molecule has 0 amide bonds. The van der Waals surface area contributed by atoms with Gasteiger partial charge in [-0.15, -0.1) is 0 Å². The van der Waals surface area contributed by atoms with E-state index >= 15 is 0 Å². The lowest BCUT2D eigenvalue weighted by atomic mass is 10.1. The molecule has 44 heavy (non-hydrogen) atoms. The number of benzene rings is 3. The topological polar surface area (TPSA) is 74.0 Å². The van der Waals surface area contributed by atoms with Gasteiger partial charge in [-0.1, -0.05) is 46.6 Å². The predicted octanol–water partition coefficient (Wildman–Crippen LogP) is 6.03. The molecule has 11 heteroatoms. The van der Waals surface area contributed by atoms with Crippen molar-refractivity contribution in [2.75, 3.05) is 54.5 Å². The fourth-order valence-corrected chi connectivity index (χ4v) is 6.35. The van der Waals surface area contributed by atoms with Crippen LogP contribution in [0.5, 0.6) is 5.75 Å². The third-order valence-electron chi connectivity index (χ3n) is 8.43. The van der Waals surface area contributed by atoms with E-state index in [1.165, 1.54) is 5.69 Å². The average molecular weight is 683 g/mol. The maximum absolute atomic E-state index is 12.8. The van der Waals surface area contributed by atoms with Gasteiger partial charge in [0.2, 0.25) is 5.79 Å². The molecule has 2 fully saturated rings. The maximum Gasteiger partial charge on any atom is 0.350 e. The van der Waals surface area contributed by atoms with Gasteiger partial charge in [0.1, 0.15) is 24.8 Å². The van der Waals surface area contributed by atoms with Crippen LogP contribution in [0.1, 0.15) is 31.9 Å². The van der Waals surface area contributed by atoms with E-state index in [0.717, 1.165) is 55.3 Å². The Morgan fingerprint density at radius 1 is 0.955 bits per heavy atom. The van der Waals surface area contributed by atoms with E-state index < -0.39 is 5.79 Å². The molecule has 3 aromatic carbocycles. The highest BCUT2D eigenvalue weighted by Gasteiger charge is 2.42. The van der Waals surface area contributed by atoms with E-state index in [1.54, 1.807) is 15.6 Å². The first-order chi connectivity index (χ1) is 21.4. The Labute approximate surface area is 271 Å². The monoisotopic (exact) mass is 681 g/mol. The molecule has 0 spiro atoms. The number of aromatic nitrogens is 3. The van der Waals surface area contributed by atoms with Crippen molar-refractivity contribution in [3.05, 3.63) is 100 Å². The van der Waals surface area contributed by atoms with Gasteiger partial charge in [-0.25, -0.2) is 14.0 Å². The van der Waals surface area contributed by atoms with Crippen molar-refractivity contribution in [3.63, 3.8) is 0 Å². The van der Waals surface area contributed by atoms with Crippen LogP contribution < -0.4 is 20.2 Å². The van der Waals surface area contributed by atoms with E-state index in [0.29, 0.717) is 23.6 Å². The summed E-state index contributed by atoms with van der Waals surface area (Å²) in [5, 5.41) is 5.48. The molecular weight excluding hydrogens is 646 g/mol. The molecule has 0 radical (unpaired) electrons. The number of ether oxygens (including phenoxy) is 3. The molecule has 6 rings (SSSR count). The van der Waals surface area contributed by atoms with E-state index in [4.69, 9.17) is 25.8 Å². The summed E-state index contributed by atoms with van der Waals surface area (Å²) in [7, 11) is 0. The molecule has 0 saturated carbocycles. The molecule has 4 aromatic rings. The molecule has 0 N–H and O–H groups in total. The zero-order chi connectivity index (χ0) is 30.7. The number of hydrogen-bond donors (Lipinski definition) is 0. The molecule has 2 aliphatic heterocycles.